The fourth-order valence-electron chi connectivity index (χ4n) is 2.02. The van der Waals surface area contributed by atoms with E-state index < -0.39 is 0 Å². The molecular formula is C15H15Cl2N5S2. The van der Waals surface area contributed by atoms with Crippen LogP contribution in [0.5, 0.6) is 0 Å². The molecule has 0 spiro atoms. The Morgan fingerprint density at radius 2 is 2.08 bits per heavy atom. The Morgan fingerprint density at radius 1 is 1.29 bits per heavy atom. The summed E-state index contributed by atoms with van der Waals surface area (Å²) in [6, 6.07) is 5.18. The summed E-state index contributed by atoms with van der Waals surface area (Å²) in [5.41, 5.74) is 1.71. The van der Waals surface area contributed by atoms with Crippen LogP contribution in [0, 0.1) is 0 Å². The van der Waals surface area contributed by atoms with Crippen molar-refractivity contribution >= 4 is 46.3 Å². The summed E-state index contributed by atoms with van der Waals surface area (Å²) in [6.45, 7) is 4.27. The molecule has 0 amide bonds. The van der Waals surface area contributed by atoms with Gasteiger partial charge in [-0.3, -0.25) is 0 Å². The lowest BCUT2D eigenvalue weighted by molar-refractivity contribution is 0.841. The van der Waals surface area contributed by atoms with Gasteiger partial charge in [-0.2, -0.15) is 0 Å². The molecule has 2 N–H and O–H groups in total. The molecule has 126 valence electrons. The minimum absolute atomic E-state index is 0.436. The van der Waals surface area contributed by atoms with Gasteiger partial charge >= 0.3 is 0 Å². The largest absolute Gasteiger partial charge is 0.335 e. The highest BCUT2D eigenvalue weighted by Crippen LogP contribution is 2.31. The SMILES string of the molecule is CC(C)c1nc(CSc2nnc(-c3ccc(Cl)cc3Cl)n2N)cs1. The van der Waals surface area contributed by atoms with Gasteiger partial charge in [0.25, 0.3) is 0 Å². The first kappa shape index (κ1) is 17.5. The van der Waals surface area contributed by atoms with Crippen molar-refractivity contribution in [2.24, 2.45) is 0 Å². The number of nitrogen functional groups attached to an aromatic ring is 1. The molecule has 0 saturated carbocycles. The molecule has 0 radical (unpaired) electrons. The zero-order valence-corrected chi connectivity index (χ0v) is 16.2. The molecule has 3 aromatic rings. The quantitative estimate of drug-likeness (QED) is 0.490. The fraction of sp³-hybridized carbons (Fsp3) is 0.267. The van der Waals surface area contributed by atoms with E-state index in [1.54, 1.807) is 29.5 Å². The van der Waals surface area contributed by atoms with E-state index in [0.717, 1.165) is 10.7 Å². The molecule has 0 atom stereocenters. The third kappa shape index (κ3) is 3.69. The Morgan fingerprint density at radius 3 is 2.75 bits per heavy atom. The molecule has 2 heterocycles. The zero-order valence-electron chi connectivity index (χ0n) is 13.0. The van der Waals surface area contributed by atoms with Crippen molar-refractivity contribution in [1.82, 2.24) is 19.9 Å². The molecule has 5 nitrogen and oxygen atoms in total. The Bertz CT molecular complexity index is 859. The number of aromatic nitrogens is 4. The monoisotopic (exact) mass is 399 g/mol. The first-order chi connectivity index (χ1) is 11.5. The van der Waals surface area contributed by atoms with Crippen LogP contribution in [-0.4, -0.2) is 19.9 Å². The van der Waals surface area contributed by atoms with E-state index in [2.05, 4.69) is 34.4 Å². The van der Waals surface area contributed by atoms with Crippen molar-refractivity contribution < 1.29 is 0 Å². The molecular weight excluding hydrogens is 385 g/mol. The highest BCUT2D eigenvalue weighted by molar-refractivity contribution is 7.98. The lowest BCUT2D eigenvalue weighted by Gasteiger charge is -2.05. The number of halogens is 2. The summed E-state index contributed by atoms with van der Waals surface area (Å²) < 4.78 is 1.44. The number of hydrogen-bond donors (Lipinski definition) is 1. The Labute approximate surface area is 158 Å². The molecule has 24 heavy (non-hydrogen) atoms. The lowest BCUT2D eigenvalue weighted by Crippen LogP contribution is -2.11. The maximum Gasteiger partial charge on any atom is 0.210 e. The topological polar surface area (TPSA) is 69.6 Å². The predicted molar refractivity (Wildman–Crippen MR) is 101 cm³/mol. The van der Waals surface area contributed by atoms with Crippen LogP contribution in [0.15, 0.2) is 28.7 Å². The van der Waals surface area contributed by atoms with Gasteiger partial charge in [0.2, 0.25) is 5.16 Å². The Hall–Kier alpha value is -1.28. The summed E-state index contributed by atoms with van der Waals surface area (Å²) in [5.74, 6) is 7.74. The summed E-state index contributed by atoms with van der Waals surface area (Å²) in [5, 5.41) is 13.1. The molecule has 0 fully saturated rings. The van der Waals surface area contributed by atoms with E-state index in [-0.39, 0.29) is 0 Å². The van der Waals surface area contributed by atoms with Crippen molar-refractivity contribution in [2.45, 2.75) is 30.7 Å². The van der Waals surface area contributed by atoms with Crippen LogP contribution < -0.4 is 5.84 Å². The molecule has 0 saturated heterocycles. The smallest absolute Gasteiger partial charge is 0.210 e. The summed E-state index contributed by atoms with van der Waals surface area (Å²) in [4.78, 5) is 4.61. The fourth-order valence-corrected chi connectivity index (χ4v) is 4.20. The normalized spacial score (nSPS) is 11.4. The van der Waals surface area contributed by atoms with E-state index in [9.17, 15) is 0 Å². The maximum absolute atomic E-state index is 6.21. The van der Waals surface area contributed by atoms with Crippen molar-refractivity contribution in [1.29, 1.82) is 0 Å². The number of nitrogens with zero attached hydrogens (tertiary/aromatic N) is 4. The van der Waals surface area contributed by atoms with Crippen molar-refractivity contribution in [2.75, 3.05) is 5.84 Å². The van der Waals surface area contributed by atoms with Gasteiger partial charge < -0.3 is 5.84 Å². The van der Waals surface area contributed by atoms with Gasteiger partial charge in [-0.15, -0.1) is 21.5 Å². The van der Waals surface area contributed by atoms with Gasteiger partial charge in [0.15, 0.2) is 5.82 Å². The molecule has 9 heteroatoms. The highest BCUT2D eigenvalue weighted by atomic mass is 35.5. The van der Waals surface area contributed by atoms with Gasteiger partial charge in [-0.1, -0.05) is 48.8 Å². The van der Waals surface area contributed by atoms with Crippen LogP contribution in [0.1, 0.15) is 30.5 Å². The number of thiazole rings is 1. The number of hydrogen-bond acceptors (Lipinski definition) is 6. The standard InChI is InChI=1S/C15H15Cl2N5S2/c1-8(2)14-19-10(6-23-14)7-24-15-21-20-13(22(15)18)11-4-3-9(16)5-12(11)17/h3-6,8H,7,18H2,1-2H3. The number of nitrogens with two attached hydrogens (primary N) is 1. The first-order valence-corrected chi connectivity index (χ1v) is 9.81. The lowest BCUT2D eigenvalue weighted by atomic mass is 10.2. The zero-order chi connectivity index (χ0) is 17.3. The molecule has 0 bridgehead atoms. The first-order valence-electron chi connectivity index (χ1n) is 7.18. The van der Waals surface area contributed by atoms with E-state index in [1.165, 1.54) is 16.4 Å². The van der Waals surface area contributed by atoms with Crippen LogP contribution in [-0.2, 0) is 5.75 Å². The molecule has 0 aliphatic carbocycles. The molecule has 3 rings (SSSR count). The van der Waals surface area contributed by atoms with Gasteiger partial charge in [0.05, 0.1) is 15.7 Å². The van der Waals surface area contributed by atoms with Gasteiger partial charge in [0, 0.05) is 27.6 Å². The Balaban J connectivity index is 1.77. The predicted octanol–water partition coefficient (Wildman–Crippen LogP) is 4.84. The molecule has 1 aromatic carbocycles. The van der Waals surface area contributed by atoms with E-state index in [4.69, 9.17) is 29.0 Å². The van der Waals surface area contributed by atoms with Gasteiger partial charge in [-0.05, 0) is 18.2 Å². The minimum Gasteiger partial charge on any atom is -0.335 e. The van der Waals surface area contributed by atoms with Gasteiger partial charge in [-0.25, -0.2) is 9.66 Å². The average Bonchev–Trinajstić information content (AvgIpc) is 3.13. The number of rotatable bonds is 5. The van der Waals surface area contributed by atoms with E-state index in [1.807, 2.05) is 0 Å². The molecule has 2 aromatic heterocycles. The summed E-state index contributed by atoms with van der Waals surface area (Å²) >= 11 is 15.3. The molecule has 0 aliphatic rings. The number of thioether (sulfide) groups is 1. The van der Waals surface area contributed by atoms with Crippen molar-refractivity contribution in [3.8, 4) is 11.4 Å². The highest BCUT2D eigenvalue weighted by Gasteiger charge is 2.16. The maximum atomic E-state index is 6.21. The molecule has 0 aliphatic heterocycles. The van der Waals surface area contributed by atoms with E-state index >= 15 is 0 Å². The number of benzene rings is 1. The van der Waals surface area contributed by atoms with Crippen LogP contribution in [0.2, 0.25) is 10.0 Å². The van der Waals surface area contributed by atoms with Crippen LogP contribution in [0.25, 0.3) is 11.4 Å². The third-order valence-corrected chi connectivity index (χ3v) is 5.97. The second kappa shape index (κ2) is 7.31. The van der Waals surface area contributed by atoms with Crippen LogP contribution in [0.4, 0.5) is 0 Å². The van der Waals surface area contributed by atoms with E-state index in [0.29, 0.717) is 38.3 Å². The van der Waals surface area contributed by atoms with Crippen LogP contribution >= 0.6 is 46.3 Å². The summed E-state index contributed by atoms with van der Waals surface area (Å²) in [6.07, 6.45) is 0. The minimum atomic E-state index is 0.436. The molecule has 0 unspecified atom stereocenters. The second-order valence-electron chi connectivity index (χ2n) is 5.42. The average molecular weight is 400 g/mol. The van der Waals surface area contributed by atoms with Crippen LogP contribution in [0.3, 0.4) is 0 Å². The van der Waals surface area contributed by atoms with Gasteiger partial charge in [0.1, 0.15) is 0 Å². The third-order valence-electron chi connectivity index (χ3n) is 3.25. The van der Waals surface area contributed by atoms with Crippen molar-refractivity contribution in [3.05, 3.63) is 44.3 Å². The van der Waals surface area contributed by atoms with Crippen molar-refractivity contribution in [3.63, 3.8) is 0 Å². The summed E-state index contributed by atoms with van der Waals surface area (Å²) in [7, 11) is 0. The second-order valence-corrected chi connectivity index (χ2v) is 8.10. The Kier molecular flexibility index (Phi) is 5.34.